The van der Waals surface area contributed by atoms with E-state index in [1.54, 1.807) is 6.08 Å². The summed E-state index contributed by atoms with van der Waals surface area (Å²) >= 11 is 0. The fourth-order valence-corrected chi connectivity index (χ4v) is 1.68. The van der Waals surface area contributed by atoms with Crippen molar-refractivity contribution in [2.24, 2.45) is 0 Å². The average Bonchev–Trinajstić information content (AvgIpc) is 2.23. The van der Waals surface area contributed by atoms with Crippen molar-refractivity contribution in [3.8, 4) is 0 Å². The third-order valence-corrected chi connectivity index (χ3v) is 2.43. The lowest BCUT2D eigenvalue weighted by Crippen LogP contribution is -2.30. The molecule has 0 fully saturated rings. The van der Waals surface area contributed by atoms with Gasteiger partial charge in [-0.25, -0.2) is 8.78 Å². The summed E-state index contributed by atoms with van der Waals surface area (Å²) in [5, 5.41) is 3.24. The Morgan fingerprint density at radius 1 is 1.44 bits per heavy atom. The first kappa shape index (κ1) is 12.8. The van der Waals surface area contributed by atoms with E-state index in [2.05, 4.69) is 11.9 Å². The molecule has 1 aromatic rings. The number of hydrogen-bond donors (Lipinski definition) is 1. The van der Waals surface area contributed by atoms with Crippen molar-refractivity contribution in [1.82, 2.24) is 5.32 Å². The monoisotopic (exact) mass is 225 g/mol. The minimum absolute atomic E-state index is 0.155. The van der Waals surface area contributed by atoms with Crippen molar-refractivity contribution < 1.29 is 8.78 Å². The highest BCUT2D eigenvalue weighted by Gasteiger charge is 2.10. The lowest BCUT2D eigenvalue weighted by Gasteiger charge is -2.16. The molecule has 1 aromatic carbocycles. The van der Waals surface area contributed by atoms with E-state index in [1.807, 2.05) is 6.92 Å². The third kappa shape index (κ3) is 3.74. The van der Waals surface area contributed by atoms with E-state index in [0.29, 0.717) is 12.0 Å². The quantitative estimate of drug-likeness (QED) is 0.734. The lowest BCUT2D eigenvalue weighted by atomic mass is 10.0. The minimum Gasteiger partial charge on any atom is -0.314 e. The van der Waals surface area contributed by atoms with Crippen molar-refractivity contribution in [3.63, 3.8) is 0 Å². The average molecular weight is 225 g/mol. The molecule has 16 heavy (non-hydrogen) atoms. The van der Waals surface area contributed by atoms with Crippen molar-refractivity contribution in [3.05, 3.63) is 48.1 Å². The second-order valence-corrected chi connectivity index (χ2v) is 3.72. The van der Waals surface area contributed by atoms with Gasteiger partial charge in [-0.15, -0.1) is 6.58 Å². The summed E-state index contributed by atoms with van der Waals surface area (Å²) in [4.78, 5) is 0. The van der Waals surface area contributed by atoms with Gasteiger partial charge in [0, 0.05) is 12.1 Å². The summed E-state index contributed by atoms with van der Waals surface area (Å²) in [5.41, 5.74) is 0.536. The summed E-state index contributed by atoms with van der Waals surface area (Å²) in [6, 6.07) is 3.86. The maximum atomic E-state index is 13.4. The molecule has 1 atom stereocenters. The first-order valence-electron chi connectivity index (χ1n) is 5.45. The molecule has 88 valence electrons. The van der Waals surface area contributed by atoms with Gasteiger partial charge in [0.15, 0.2) is 0 Å². The topological polar surface area (TPSA) is 12.0 Å². The van der Waals surface area contributed by atoms with Gasteiger partial charge in [-0.2, -0.15) is 0 Å². The van der Waals surface area contributed by atoms with E-state index in [-0.39, 0.29) is 6.04 Å². The lowest BCUT2D eigenvalue weighted by molar-refractivity contribution is 0.508. The second kappa shape index (κ2) is 6.38. The van der Waals surface area contributed by atoms with Gasteiger partial charge in [0.05, 0.1) is 0 Å². The van der Waals surface area contributed by atoms with E-state index in [0.717, 1.165) is 19.0 Å². The van der Waals surface area contributed by atoms with Crippen molar-refractivity contribution in [2.45, 2.75) is 25.8 Å². The highest BCUT2D eigenvalue weighted by molar-refractivity contribution is 5.19. The number of rotatable bonds is 6. The maximum Gasteiger partial charge on any atom is 0.129 e. The van der Waals surface area contributed by atoms with Gasteiger partial charge in [0.25, 0.3) is 0 Å². The standard InChI is InChI=1S/C13H17F2N/c1-3-5-12(16-4-2)8-10-6-7-11(14)9-13(10)15/h3,6-7,9,12,16H,1,4-5,8H2,2H3. The van der Waals surface area contributed by atoms with Crippen molar-refractivity contribution in [1.29, 1.82) is 0 Å². The van der Waals surface area contributed by atoms with Gasteiger partial charge in [-0.3, -0.25) is 0 Å². The highest BCUT2D eigenvalue weighted by atomic mass is 19.1. The Hall–Kier alpha value is -1.22. The van der Waals surface area contributed by atoms with Crippen LogP contribution in [0, 0.1) is 11.6 Å². The Morgan fingerprint density at radius 3 is 2.75 bits per heavy atom. The number of benzene rings is 1. The van der Waals surface area contributed by atoms with E-state index in [4.69, 9.17) is 0 Å². The zero-order chi connectivity index (χ0) is 12.0. The van der Waals surface area contributed by atoms with Crippen LogP contribution in [0.25, 0.3) is 0 Å². The molecule has 1 rings (SSSR count). The van der Waals surface area contributed by atoms with Crippen molar-refractivity contribution >= 4 is 0 Å². The molecule has 0 aliphatic rings. The van der Waals surface area contributed by atoms with Crippen LogP contribution in [0.3, 0.4) is 0 Å². The van der Waals surface area contributed by atoms with Crippen molar-refractivity contribution in [2.75, 3.05) is 6.54 Å². The largest absolute Gasteiger partial charge is 0.314 e. The van der Waals surface area contributed by atoms with Crippen LogP contribution in [-0.2, 0) is 6.42 Å². The third-order valence-electron chi connectivity index (χ3n) is 2.43. The van der Waals surface area contributed by atoms with Gasteiger partial charge in [0.2, 0.25) is 0 Å². The Bertz CT molecular complexity index is 350. The molecule has 0 amide bonds. The van der Waals surface area contributed by atoms with Crippen LogP contribution >= 0.6 is 0 Å². The van der Waals surface area contributed by atoms with Crippen LogP contribution < -0.4 is 5.32 Å². The molecular formula is C13H17F2N. The number of likely N-dealkylation sites (N-methyl/N-ethyl adjacent to an activating group) is 1. The summed E-state index contributed by atoms with van der Waals surface area (Å²) in [6.45, 7) is 6.49. The molecule has 0 bridgehead atoms. The van der Waals surface area contributed by atoms with E-state index < -0.39 is 11.6 Å². The summed E-state index contributed by atoms with van der Waals surface area (Å²) in [7, 11) is 0. The smallest absolute Gasteiger partial charge is 0.129 e. The second-order valence-electron chi connectivity index (χ2n) is 3.72. The zero-order valence-electron chi connectivity index (χ0n) is 9.47. The minimum atomic E-state index is -0.537. The number of halogens is 2. The fraction of sp³-hybridized carbons (Fsp3) is 0.385. The van der Waals surface area contributed by atoms with Crippen LogP contribution in [0.4, 0.5) is 8.78 Å². The molecule has 0 radical (unpaired) electrons. The highest BCUT2D eigenvalue weighted by Crippen LogP contribution is 2.13. The number of hydrogen-bond acceptors (Lipinski definition) is 1. The van der Waals surface area contributed by atoms with Gasteiger partial charge < -0.3 is 5.32 Å². The fourth-order valence-electron chi connectivity index (χ4n) is 1.68. The maximum absolute atomic E-state index is 13.4. The van der Waals surface area contributed by atoms with Crippen LogP contribution in [-0.4, -0.2) is 12.6 Å². The Balaban J connectivity index is 2.72. The molecular weight excluding hydrogens is 208 g/mol. The molecule has 0 heterocycles. The van der Waals surface area contributed by atoms with E-state index in [1.165, 1.54) is 12.1 Å². The Morgan fingerprint density at radius 2 is 2.19 bits per heavy atom. The van der Waals surface area contributed by atoms with Crippen LogP contribution in [0.5, 0.6) is 0 Å². The first-order chi connectivity index (χ1) is 7.67. The molecule has 0 spiro atoms. The van der Waals surface area contributed by atoms with Gasteiger partial charge >= 0.3 is 0 Å². The Labute approximate surface area is 95.2 Å². The van der Waals surface area contributed by atoms with Crippen LogP contribution in [0.1, 0.15) is 18.9 Å². The molecule has 0 aliphatic heterocycles. The first-order valence-corrected chi connectivity index (χ1v) is 5.45. The Kier molecular flexibility index (Phi) is 5.12. The molecule has 0 saturated heterocycles. The molecule has 1 nitrogen and oxygen atoms in total. The summed E-state index contributed by atoms with van der Waals surface area (Å²) in [6.07, 6.45) is 3.12. The van der Waals surface area contributed by atoms with E-state index >= 15 is 0 Å². The number of nitrogens with one attached hydrogen (secondary N) is 1. The van der Waals surface area contributed by atoms with Crippen LogP contribution in [0.15, 0.2) is 30.9 Å². The van der Waals surface area contributed by atoms with Gasteiger partial charge in [0.1, 0.15) is 11.6 Å². The van der Waals surface area contributed by atoms with Gasteiger partial charge in [-0.05, 0) is 31.0 Å². The van der Waals surface area contributed by atoms with Crippen LogP contribution in [0.2, 0.25) is 0 Å². The van der Waals surface area contributed by atoms with Gasteiger partial charge in [-0.1, -0.05) is 19.1 Å². The molecule has 0 saturated carbocycles. The molecule has 1 unspecified atom stereocenters. The zero-order valence-corrected chi connectivity index (χ0v) is 9.47. The predicted octanol–water partition coefficient (Wildman–Crippen LogP) is 3.06. The molecule has 3 heteroatoms. The molecule has 0 aliphatic carbocycles. The molecule has 1 N–H and O–H groups in total. The summed E-state index contributed by atoms with van der Waals surface area (Å²) < 4.78 is 26.1. The predicted molar refractivity (Wildman–Crippen MR) is 62.3 cm³/mol. The summed E-state index contributed by atoms with van der Waals surface area (Å²) in [5.74, 6) is -1.02. The SMILES string of the molecule is C=CCC(Cc1ccc(F)cc1F)NCC. The molecule has 0 aromatic heterocycles. The normalized spacial score (nSPS) is 12.4. The van der Waals surface area contributed by atoms with E-state index in [9.17, 15) is 8.78 Å².